The van der Waals surface area contributed by atoms with Crippen LogP contribution in [0, 0.1) is 18.3 Å². The summed E-state index contributed by atoms with van der Waals surface area (Å²) in [5.74, 6) is -0.790. The number of anilines is 1. The molecule has 0 spiro atoms. The third-order valence-electron chi connectivity index (χ3n) is 2.79. The van der Waals surface area contributed by atoms with Crippen LogP contribution in [0.25, 0.3) is 0 Å². The first-order valence-corrected chi connectivity index (χ1v) is 5.85. The van der Waals surface area contributed by atoms with E-state index in [1.165, 1.54) is 0 Å². The number of hydrogen-bond acceptors (Lipinski definition) is 3. The highest BCUT2D eigenvalue weighted by Gasteiger charge is 2.19. The Morgan fingerprint density at radius 1 is 1.50 bits per heavy atom. The van der Waals surface area contributed by atoms with Gasteiger partial charge < -0.3 is 10.4 Å². The Hall–Kier alpha value is -2.02. The molecule has 0 atom stereocenters. The molecule has 0 aliphatic carbocycles. The van der Waals surface area contributed by atoms with E-state index in [1.807, 2.05) is 32.9 Å². The van der Waals surface area contributed by atoms with E-state index in [1.54, 1.807) is 6.07 Å². The maximum absolute atomic E-state index is 10.6. The Balaban J connectivity index is 2.78. The predicted octanol–water partition coefficient (Wildman–Crippen LogP) is 2.92. The minimum absolute atomic E-state index is 0.134. The zero-order valence-corrected chi connectivity index (χ0v) is 10.9. The summed E-state index contributed by atoms with van der Waals surface area (Å²) in [6, 6.07) is 7.52. The molecule has 0 fully saturated rings. The lowest BCUT2D eigenvalue weighted by molar-refractivity contribution is -0.137. The van der Waals surface area contributed by atoms with Gasteiger partial charge in [-0.2, -0.15) is 5.26 Å². The molecule has 0 saturated heterocycles. The Kier molecular flexibility index (Phi) is 4.33. The molecule has 0 bridgehead atoms. The number of rotatable bonds is 5. The number of hydrogen-bond donors (Lipinski definition) is 2. The van der Waals surface area contributed by atoms with Gasteiger partial charge in [0.05, 0.1) is 11.6 Å². The molecule has 1 aromatic rings. The average molecular weight is 246 g/mol. The van der Waals surface area contributed by atoms with Crippen molar-refractivity contribution in [1.29, 1.82) is 5.26 Å². The van der Waals surface area contributed by atoms with Gasteiger partial charge in [0.25, 0.3) is 0 Å². The maximum Gasteiger partial charge on any atom is 0.303 e. The first-order valence-electron chi connectivity index (χ1n) is 5.85. The highest BCUT2D eigenvalue weighted by Crippen LogP contribution is 2.23. The number of carboxylic acid groups (broad SMARTS) is 1. The number of aliphatic carboxylic acids is 1. The van der Waals surface area contributed by atoms with Crippen LogP contribution in [-0.2, 0) is 4.79 Å². The highest BCUT2D eigenvalue weighted by molar-refractivity contribution is 5.67. The molecule has 4 heteroatoms. The summed E-state index contributed by atoms with van der Waals surface area (Å²) in [4.78, 5) is 10.6. The smallest absolute Gasteiger partial charge is 0.303 e. The number of carbonyl (C=O) groups is 1. The van der Waals surface area contributed by atoms with E-state index in [0.717, 1.165) is 11.3 Å². The molecule has 2 N–H and O–H groups in total. The summed E-state index contributed by atoms with van der Waals surface area (Å²) in [5.41, 5.74) is 2.25. The number of carboxylic acids is 1. The van der Waals surface area contributed by atoms with Gasteiger partial charge in [0.1, 0.15) is 0 Å². The molecule has 0 saturated carbocycles. The predicted molar refractivity (Wildman–Crippen MR) is 70.5 cm³/mol. The minimum Gasteiger partial charge on any atom is -0.481 e. The van der Waals surface area contributed by atoms with Crippen LogP contribution in [0.2, 0.25) is 0 Å². The van der Waals surface area contributed by atoms with Gasteiger partial charge >= 0.3 is 5.97 Å². The van der Waals surface area contributed by atoms with Gasteiger partial charge in [0.2, 0.25) is 0 Å². The maximum atomic E-state index is 10.6. The van der Waals surface area contributed by atoms with E-state index in [0.29, 0.717) is 12.0 Å². The monoisotopic (exact) mass is 246 g/mol. The van der Waals surface area contributed by atoms with Crippen LogP contribution in [0.1, 0.15) is 37.8 Å². The van der Waals surface area contributed by atoms with Crippen LogP contribution in [-0.4, -0.2) is 16.6 Å². The molecule has 0 unspecified atom stereocenters. The van der Waals surface area contributed by atoms with Gasteiger partial charge in [-0.05, 0) is 51.0 Å². The molecule has 96 valence electrons. The fraction of sp³-hybridized carbons (Fsp3) is 0.429. The molecular weight excluding hydrogens is 228 g/mol. The van der Waals surface area contributed by atoms with Crippen LogP contribution in [0.4, 0.5) is 5.69 Å². The van der Waals surface area contributed by atoms with Crippen LogP contribution in [0.15, 0.2) is 18.2 Å². The van der Waals surface area contributed by atoms with Gasteiger partial charge in [0, 0.05) is 17.6 Å². The zero-order valence-electron chi connectivity index (χ0n) is 10.9. The van der Waals surface area contributed by atoms with Gasteiger partial charge in [-0.1, -0.05) is 0 Å². The van der Waals surface area contributed by atoms with Gasteiger partial charge in [-0.25, -0.2) is 0 Å². The number of aryl methyl sites for hydroxylation is 1. The van der Waals surface area contributed by atoms with Crippen LogP contribution >= 0.6 is 0 Å². The van der Waals surface area contributed by atoms with Crippen molar-refractivity contribution in [1.82, 2.24) is 0 Å². The van der Waals surface area contributed by atoms with Crippen molar-refractivity contribution in [3.63, 3.8) is 0 Å². The minimum atomic E-state index is -0.790. The van der Waals surface area contributed by atoms with Gasteiger partial charge in [0.15, 0.2) is 0 Å². The first kappa shape index (κ1) is 14.0. The molecule has 1 rings (SSSR count). The molecule has 0 heterocycles. The molecule has 0 aliphatic heterocycles. The van der Waals surface area contributed by atoms with E-state index >= 15 is 0 Å². The fourth-order valence-corrected chi connectivity index (χ4v) is 1.72. The number of nitrogens with one attached hydrogen (secondary N) is 1. The van der Waals surface area contributed by atoms with E-state index in [-0.39, 0.29) is 12.0 Å². The lowest BCUT2D eigenvalue weighted by Gasteiger charge is -2.28. The molecule has 0 amide bonds. The van der Waals surface area contributed by atoms with E-state index in [4.69, 9.17) is 10.4 Å². The Bertz CT molecular complexity index is 487. The van der Waals surface area contributed by atoms with Crippen molar-refractivity contribution >= 4 is 11.7 Å². The largest absolute Gasteiger partial charge is 0.481 e. The van der Waals surface area contributed by atoms with Crippen molar-refractivity contribution in [2.24, 2.45) is 0 Å². The van der Waals surface area contributed by atoms with Gasteiger partial charge in [-0.15, -0.1) is 0 Å². The van der Waals surface area contributed by atoms with Crippen molar-refractivity contribution < 1.29 is 9.90 Å². The van der Waals surface area contributed by atoms with Crippen molar-refractivity contribution in [2.45, 2.75) is 39.2 Å². The van der Waals surface area contributed by atoms with Crippen molar-refractivity contribution in [2.75, 3.05) is 5.32 Å². The molecular formula is C14H18N2O2. The van der Waals surface area contributed by atoms with Crippen LogP contribution in [0.3, 0.4) is 0 Å². The molecule has 0 aromatic heterocycles. The summed E-state index contributed by atoms with van der Waals surface area (Å²) < 4.78 is 0. The standard InChI is InChI=1S/C14H18N2O2/c1-10-8-11(9-15)4-5-12(10)16-14(2,3)7-6-13(17)18/h4-5,8,16H,6-7H2,1-3H3,(H,17,18). The van der Waals surface area contributed by atoms with Crippen molar-refractivity contribution in [3.8, 4) is 6.07 Å². The summed E-state index contributed by atoms with van der Waals surface area (Å²) >= 11 is 0. The summed E-state index contributed by atoms with van der Waals surface area (Å²) in [7, 11) is 0. The SMILES string of the molecule is Cc1cc(C#N)ccc1NC(C)(C)CCC(=O)O. The number of benzene rings is 1. The molecule has 0 aliphatic rings. The Morgan fingerprint density at radius 3 is 2.67 bits per heavy atom. The summed E-state index contributed by atoms with van der Waals surface area (Å²) in [5, 5.41) is 20.8. The summed E-state index contributed by atoms with van der Waals surface area (Å²) in [6.45, 7) is 5.86. The first-order chi connectivity index (χ1) is 8.34. The number of nitriles is 1. The van der Waals surface area contributed by atoms with Gasteiger partial charge in [-0.3, -0.25) is 4.79 Å². The Morgan fingerprint density at radius 2 is 2.17 bits per heavy atom. The summed E-state index contributed by atoms with van der Waals surface area (Å²) in [6.07, 6.45) is 0.678. The second-order valence-corrected chi connectivity index (χ2v) is 5.04. The normalized spacial score (nSPS) is 10.8. The van der Waals surface area contributed by atoms with E-state index < -0.39 is 5.97 Å². The third kappa shape index (κ3) is 4.10. The van der Waals surface area contributed by atoms with Crippen LogP contribution < -0.4 is 5.32 Å². The molecule has 0 radical (unpaired) electrons. The van der Waals surface area contributed by atoms with E-state index in [9.17, 15) is 4.79 Å². The van der Waals surface area contributed by atoms with Crippen molar-refractivity contribution in [3.05, 3.63) is 29.3 Å². The third-order valence-corrected chi connectivity index (χ3v) is 2.79. The highest BCUT2D eigenvalue weighted by atomic mass is 16.4. The topological polar surface area (TPSA) is 73.1 Å². The molecule has 4 nitrogen and oxygen atoms in total. The molecule has 1 aromatic carbocycles. The lowest BCUT2D eigenvalue weighted by Crippen LogP contribution is -2.31. The second kappa shape index (κ2) is 5.54. The fourth-order valence-electron chi connectivity index (χ4n) is 1.72. The second-order valence-electron chi connectivity index (χ2n) is 5.04. The molecule has 18 heavy (non-hydrogen) atoms. The number of nitrogens with zero attached hydrogens (tertiary/aromatic N) is 1. The quantitative estimate of drug-likeness (QED) is 0.837. The Labute approximate surface area is 107 Å². The van der Waals surface area contributed by atoms with E-state index in [2.05, 4.69) is 11.4 Å². The average Bonchev–Trinajstić information content (AvgIpc) is 2.29. The lowest BCUT2D eigenvalue weighted by atomic mass is 9.97. The zero-order chi connectivity index (χ0) is 13.8. The van der Waals surface area contributed by atoms with Crippen LogP contribution in [0.5, 0.6) is 0 Å².